The van der Waals surface area contributed by atoms with E-state index in [1.165, 1.54) is 18.3 Å². The Morgan fingerprint density at radius 1 is 1.09 bits per heavy atom. The molecule has 0 saturated carbocycles. The number of nitrogens with zero attached hydrogens (tertiary/aromatic N) is 1. The highest BCUT2D eigenvalue weighted by Crippen LogP contribution is 2.27. The summed E-state index contributed by atoms with van der Waals surface area (Å²) in [6.45, 7) is 0. The van der Waals surface area contributed by atoms with Gasteiger partial charge in [-0.3, -0.25) is 0 Å². The van der Waals surface area contributed by atoms with Gasteiger partial charge in [0.15, 0.2) is 5.76 Å². The molecule has 0 aliphatic carbocycles. The molecule has 110 valence electrons. The summed E-state index contributed by atoms with van der Waals surface area (Å²) < 4.78 is 18.5. The molecule has 0 amide bonds. The standard InChI is InChI=1S/C17H11ClFNO2/c18-15(9-11-1-7-14(21)8-2-11)17-20-10-16(22-17)12-3-5-13(19)6-4-12/h1-10,21H/b15-9-. The van der Waals surface area contributed by atoms with E-state index in [0.717, 1.165) is 5.56 Å². The maximum absolute atomic E-state index is 12.9. The lowest BCUT2D eigenvalue weighted by atomic mass is 10.2. The molecule has 1 aromatic heterocycles. The van der Waals surface area contributed by atoms with Gasteiger partial charge in [-0.2, -0.15) is 0 Å². The van der Waals surface area contributed by atoms with Gasteiger partial charge in [0.1, 0.15) is 16.6 Å². The number of oxazole rings is 1. The predicted octanol–water partition coefficient (Wildman–Crippen LogP) is 4.92. The van der Waals surface area contributed by atoms with E-state index in [0.29, 0.717) is 16.4 Å². The van der Waals surface area contributed by atoms with Crippen LogP contribution < -0.4 is 0 Å². The van der Waals surface area contributed by atoms with Gasteiger partial charge in [-0.05, 0) is 48.0 Å². The maximum atomic E-state index is 12.9. The third kappa shape index (κ3) is 3.18. The molecule has 0 radical (unpaired) electrons. The van der Waals surface area contributed by atoms with Crippen molar-refractivity contribution < 1.29 is 13.9 Å². The van der Waals surface area contributed by atoms with Crippen molar-refractivity contribution >= 4 is 22.7 Å². The Balaban J connectivity index is 1.86. The van der Waals surface area contributed by atoms with Gasteiger partial charge >= 0.3 is 0 Å². The molecule has 3 aromatic rings. The lowest BCUT2D eigenvalue weighted by Gasteiger charge is -1.97. The van der Waals surface area contributed by atoms with Gasteiger partial charge in [0.25, 0.3) is 0 Å². The molecule has 0 spiro atoms. The van der Waals surface area contributed by atoms with Crippen LogP contribution in [-0.2, 0) is 0 Å². The highest BCUT2D eigenvalue weighted by atomic mass is 35.5. The summed E-state index contributed by atoms with van der Waals surface area (Å²) in [5.41, 5.74) is 1.53. The zero-order chi connectivity index (χ0) is 15.5. The van der Waals surface area contributed by atoms with E-state index in [9.17, 15) is 9.50 Å². The number of hydrogen-bond donors (Lipinski definition) is 1. The van der Waals surface area contributed by atoms with E-state index in [1.807, 2.05) is 0 Å². The molecule has 2 aromatic carbocycles. The summed E-state index contributed by atoms with van der Waals surface area (Å²) in [7, 11) is 0. The van der Waals surface area contributed by atoms with Crippen LogP contribution in [0.25, 0.3) is 22.4 Å². The van der Waals surface area contributed by atoms with E-state index in [-0.39, 0.29) is 17.5 Å². The summed E-state index contributed by atoms with van der Waals surface area (Å²) in [4.78, 5) is 4.12. The van der Waals surface area contributed by atoms with Crippen LogP contribution in [0.5, 0.6) is 5.75 Å². The number of aromatic hydroxyl groups is 1. The molecule has 0 atom stereocenters. The SMILES string of the molecule is Oc1ccc(/C=C(\Cl)c2ncc(-c3ccc(F)cc3)o2)cc1. The molecule has 0 aliphatic heterocycles. The summed E-state index contributed by atoms with van der Waals surface area (Å²) in [5, 5.41) is 9.58. The molecular formula is C17H11ClFNO2. The Morgan fingerprint density at radius 2 is 1.77 bits per heavy atom. The Morgan fingerprint density at radius 3 is 2.45 bits per heavy atom. The topological polar surface area (TPSA) is 46.3 Å². The molecule has 0 fully saturated rings. The minimum Gasteiger partial charge on any atom is -0.508 e. The first-order valence-corrected chi connectivity index (χ1v) is 6.88. The van der Waals surface area contributed by atoms with Crippen molar-refractivity contribution in [1.29, 1.82) is 0 Å². The second-order valence-electron chi connectivity index (χ2n) is 4.62. The van der Waals surface area contributed by atoms with Crippen LogP contribution in [0, 0.1) is 5.82 Å². The molecule has 3 rings (SSSR count). The van der Waals surface area contributed by atoms with Gasteiger partial charge in [-0.15, -0.1) is 0 Å². The van der Waals surface area contributed by atoms with Crippen molar-refractivity contribution in [3.05, 3.63) is 72.0 Å². The van der Waals surface area contributed by atoms with Crippen molar-refractivity contribution in [2.75, 3.05) is 0 Å². The molecule has 0 saturated heterocycles. The third-order valence-electron chi connectivity index (χ3n) is 3.03. The van der Waals surface area contributed by atoms with Crippen LogP contribution in [0.3, 0.4) is 0 Å². The predicted molar refractivity (Wildman–Crippen MR) is 83.7 cm³/mol. The number of hydrogen-bond acceptors (Lipinski definition) is 3. The summed E-state index contributed by atoms with van der Waals surface area (Å²) in [6.07, 6.45) is 3.22. The highest BCUT2D eigenvalue weighted by molar-refractivity contribution is 6.50. The van der Waals surface area contributed by atoms with E-state index in [2.05, 4.69) is 4.98 Å². The number of rotatable bonds is 3. The van der Waals surface area contributed by atoms with Gasteiger partial charge in [0, 0.05) is 5.56 Å². The largest absolute Gasteiger partial charge is 0.508 e. The number of halogens is 2. The monoisotopic (exact) mass is 315 g/mol. The Kier molecular flexibility index (Phi) is 3.94. The molecule has 3 nitrogen and oxygen atoms in total. The first-order valence-electron chi connectivity index (χ1n) is 6.50. The number of benzene rings is 2. The van der Waals surface area contributed by atoms with E-state index >= 15 is 0 Å². The summed E-state index contributed by atoms with van der Waals surface area (Å²) >= 11 is 6.19. The van der Waals surface area contributed by atoms with Crippen molar-refractivity contribution in [3.63, 3.8) is 0 Å². The summed E-state index contributed by atoms with van der Waals surface area (Å²) in [5.74, 6) is 0.651. The minimum atomic E-state index is -0.311. The zero-order valence-corrected chi connectivity index (χ0v) is 12.1. The van der Waals surface area contributed by atoms with Crippen molar-refractivity contribution in [3.8, 4) is 17.1 Å². The normalized spacial score (nSPS) is 11.6. The molecule has 5 heteroatoms. The fourth-order valence-corrected chi connectivity index (χ4v) is 2.12. The zero-order valence-electron chi connectivity index (χ0n) is 11.3. The lowest BCUT2D eigenvalue weighted by Crippen LogP contribution is -1.77. The van der Waals surface area contributed by atoms with Crippen LogP contribution in [0.1, 0.15) is 11.5 Å². The summed E-state index contributed by atoms with van der Waals surface area (Å²) in [6, 6.07) is 12.5. The molecular weight excluding hydrogens is 305 g/mol. The fraction of sp³-hybridized carbons (Fsp3) is 0. The Labute approximate surface area is 131 Å². The molecule has 1 heterocycles. The number of phenolic OH excluding ortho intramolecular Hbond substituents is 1. The second kappa shape index (κ2) is 6.03. The van der Waals surface area contributed by atoms with Crippen molar-refractivity contribution in [2.45, 2.75) is 0 Å². The average molecular weight is 316 g/mol. The molecule has 0 unspecified atom stereocenters. The van der Waals surface area contributed by atoms with Crippen LogP contribution >= 0.6 is 11.6 Å². The van der Waals surface area contributed by atoms with Gasteiger partial charge in [-0.1, -0.05) is 23.7 Å². The van der Waals surface area contributed by atoms with Crippen molar-refractivity contribution in [2.24, 2.45) is 0 Å². The van der Waals surface area contributed by atoms with E-state index in [1.54, 1.807) is 42.5 Å². The second-order valence-corrected chi connectivity index (χ2v) is 5.03. The van der Waals surface area contributed by atoms with Gasteiger partial charge in [0.2, 0.25) is 5.89 Å². The van der Waals surface area contributed by atoms with Gasteiger partial charge in [-0.25, -0.2) is 9.37 Å². The third-order valence-corrected chi connectivity index (χ3v) is 3.30. The lowest BCUT2D eigenvalue weighted by molar-refractivity contribution is 0.475. The van der Waals surface area contributed by atoms with Crippen LogP contribution in [0.4, 0.5) is 4.39 Å². The average Bonchev–Trinajstić information content (AvgIpc) is 3.00. The molecule has 22 heavy (non-hydrogen) atoms. The van der Waals surface area contributed by atoms with Crippen LogP contribution in [0.2, 0.25) is 0 Å². The van der Waals surface area contributed by atoms with Crippen molar-refractivity contribution in [1.82, 2.24) is 4.98 Å². The molecule has 0 aliphatic rings. The number of phenols is 1. The Hall–Kier alpha value is -2.59. The quantitative estimate of drug-likeness (QED) is 0.746. The smallest absolute Gasteiger partial charge is 0.238 e. The first-order chi connectivity index (χ1) is 10.6. The molecule has 0 bridgehead atoms. The van der Waals surface area contributed by atoms with E-state index < -0.39 is 0 Å². The van der Waals surface area contributed by atoms with E-state index in [4.69, 9.17) is 16.0 Å². The molecule has 1 N–H and O–H groups in total. The maximum Gasteiger partial charge on any atom is 0.238 e. The van der Waals surface area contributed by atoms with Crippen LogP contribution in [-0.4, -0.2) is 10.1 Å². The van der Waals surface area contributed by atoms with Crippen LogP contribution in [0.15, 0.2) is 59.1 Å². The highest BCUT2D eigenvalue weighted by Gasteiger charge is 2.09. The first kappa shape index (κ1) is 14.4. The number of aromatic nitrogens is 1. The van der Waals surface area contributed by atoms with Gasteiger partial charge < -0.3 is 9.52 Å². The van der Waals surface area contributed by atoms with Gasteiger partial charge in [0.05, 0.1) is 6.20 Å². The fourth-order valence-electron chi connectivity index (χ4n) is 1.91. The Bertz CT molecular complexity index is 807. The minimum absolute atomic E-state index is 0.183.